The number of methoxy groups -OCH3 is 1. The van der Waals surface area contributed by atoms with Crippen LogP contribution in [0.2, 0.25) is 5.15 Å². The lowest BCUT2D eigenvalue weighted by Crippen LogP contribution is -2.38. The minimum Gasteiger partial charge on any atom is -0.383 e. The molecule has 1 aromatic rings. The number of ether oxygens (including phenoxy) is 1. The van der Waals surface area contributed by atoms with Crippen LogP contribution in [0.1, 0.15) is 10.4 Å². The molecule has 0 unspecified atom stereocenters. The van der Waals surface area contributed by atoms with Gasteiger partial charge in [-0.1, -0.05) is 11.6 Å². The first-order valence-corrected chi connectivity index (χ1v) is 6.17. The Morgan fingerprint density at radius 1 is 1.48 bits per heavy atom. The van der Waals surface area contributed by atoms with Gasteiger partial charge in [0.2, 0.25) is 5.91 Å². The van der Waals surface area contributed by atoms with Gasteiger partial charge < -0.3 is 15.4 Å². The van der Waals surface area contributed by atoms with Gasteiger partial charge in [-0.3, -0.25) is 19.7 Å². The molecule has 9 nitrogen and oxygen atoms in total. The van der Waals surface area contributed by atoms with E-state index in [4.69, 9.17) is 16.3 Å². The number of aromatic nitrogens is 1. The molecular weight excluding hydrogens is 304 g/mol. The van der Waals surface area contributed by atoms with Crippen LogP contribution in [0, 0.1) is 10.1 Å². The van der Waals surface area contributed by atoms with E-state index in [2.05, 4.69) is 15.6 Å². The van der Waals surface area contributed by atoms with E-state index in [1.165, 1.54) is 7.11 Å². The summed E-state index contributed by atoms with van der Waals surface area (Å²) >= 11 is 5.70. The summed E-state index contributed by atoms with van der Waals surface area (Å²) in [6.45, 7) is 0.367. The molecule has 2 amide bonds. The molecule has 1 heterocycles. The highest BCUT2D eigenvalue weighted by Crippen LogP contribution is 2.18. The Labute approximate surface area is 124 Å². The van der Waals surface area contributed by atoms with Crippen molar-refractivity contribution in [3.8, 4) is 0 Å². The van der Waals surface area contributed by atoms with Gasteiger partial charge in [-0.05, 0) is 0 Å². The van der Waals surface area contributed by atoms with Gasteiger partial charge in [0.1, 0.15) is 11.3 Å². The summed E-state index contributed by atoms with van der Waals surface area (Å²) < 4.78 is 4.75. The lowest BCUT2D eigenvalue weighted by molar-refractivity contribution is -0.385. The fourth-order valence-corrected chi connectivity index (χ4v) is 1.50. The smallest absolute Gasteiger partial charge is 0.288 e. The van der Waals surface area contributed by atoms with Crippen molar-refractivity contribution >= 4 is 29.1 Å². The van der Waals surface area contributed by atoms with Crippen LogP contribution in [0.25, 0.3) is 0 Å². The largest absolute Gasteiger partial charge is 0.383 e. The summed E-state index contributed by atoms with van der Waals surface area (Å²) in [5.74, 6) is -1.15. The molecule has 1 rings (SSSR count). The number of hydrogen-bond acceptors (Lipinski definition) is 6. The Kier molecular flexibility index (Phi) is 6.50. The Bertz CT molecular complexity index is 551. The monoisotopic (exact) mass is 316 g/mol. The maximum absolute atomic E-state index is 11.8. The van der Waals surface area contributed by atoms with Crippen LogP contribution in [-0.4, -0.2) is 48.5 Å². The van der Waals surface area contributed by atoms with Gasteiger partial charge in [-0.25, -0.2) is 4.98 Å². The topological polar surface area (TPSA) is 123 Å². The Morgan fingerprint density at radius 2 is 2.19 bits per heavy atom. The number of rotatable bonds is 7. The second kappa shape index (κ2) is 8.12. The van der Waals surface area contributed by atoms with E-state index in [1.54, 1.807) is 0 Å². The highest BCUT2D eigenvalue weighted by molar-refractivity contribution is 6.32. The van der Waals surface area contributed by atoms with Crippen LogP contribution in [-0.2, 0) is 9.53 Å². The third-order valence-corrected chi connectivity index (χ3v) is 2.62. The molecule has 0 saturated carbocycles. The van der Waals surface area contributed by atoms with Gasteiger partial charge >= 0.3 is 0 Å². The lowest BCUT2D eigenvalue weighted by atomic mass is 10.2. The average molecular weight is 317 g/mol. The van der Waals surface area contributed by atoms with Crippen molar-refractivity contribution in [1.82, 2.24) is 15.6 Å². The number of amides is 2. The Balaban J connectivity index is 2.61. The van der Waals surface area contributed by atoms with E-state index in [1.807, 2.05) is 0 Å². The zero-order chi connectivity index (χ0) is 15.8. The van der Waals surface area contributed by atoms with E-state index >= 15 is 0 Å². The molecule has 0 bridgehead atoms. The van der Waals surface area contributed by atoms with Gasteiger partial charge in [0, 0.05) is 19.7 Å². The molecule has 0 fully saturated rings. The summed E-state index contributed by atoms with van der Waals surface area (Å²) in [5.41, 5.74) is -0.537. The van der Waals surface area contributed by atoms with Gasteiger partial charge in [0.15, 0.2) is 0 Å². The van der Waals surface area contributed by atoms with E-state index in [9.17, 15) is 19.7 Å². The van der Waals surface area contributed by atoms with Crippen molar-refractivity contribution < 1.29 is 19.2 Å². The van der Waals surface area contributed by atoms with Gasteiger partial charge in [-0.2, -0.15) is 0 Å². The van der Waals surface area contributed by atoms with E-state index in [0.29, 0.717) is 13.2 Å². The molecule has 0 spiro atoms. The number of hydrogen-bond donors (Lipinski definition) is 2. The molecule has 1 aromatic heterocycles. The van der Waals surface area contributed by atoms with Crippen LogP contribution in [0.4, 0.5) is 5.69 Å². The van der Waals surface area contributed by atoms with Crippen LogP contribution >= 0.6 is 11.6 Å². The fourth-order valence-electron chi connectivity index (χ4n) is 1.31. The Morgan fingerprint density at radius 3 is 2.81 bits per heavy atom. The molecular formula is C11H13ClN4O5. The highest BCUT2D eigenvalue weighted by Gasteiger charge is 2.17. The van der Waals surface area contributed by atoms with Gasteiger partial charge in [-0.15, -0.1) is 0 Å². The van der Waals surface area contributed by atoms with E-state index in [0.717, 1.165) is 12.3 Å². The molecule has 0 aliphatic heterocycles. The number of pyridine rings is 1. The Hall–Kier alpha value is -2.26. The minimum atomic E-state index is -0.724. The van der Waals surface area contributed by atoms with Crippen LogP contribution in [0.3, 0.4) is 0 Å². The van der Waals surface area contributed by atoms with Crippen molar-refractivity contribution in [2.75, 3.05) is 26.8 Å². The predicted molar refractivity (Wildman–Crippen MR) is 73.1 cm³/mol. The summed E-state index contributed by atoms with van der Waals surface area (Å²) in [4.78, 5) is 36.7. The molecule has 114 valence electrons. The number of carbonyl (C=O) groups excluding carboxylic acids is 2. The van der Waals surface area contributed by atoms with E-state index in [-0.39, 0.29) is 22.9 Å². The second-order valence-electron chi connectivity index (χ2n) is 3.81. The quantitative estimate of drug-likeness (QED) is 0.319. The summed E-state index contributed by atoms with van der Waals surface area (Å²) in [5, 5.41) is 15.2. The third kappa shape index (κ3) is 5.32. The highest BCUT2D eigenvalue weighted by atomic mass is 35.5. The lowest BCUT2D eigenvalue weighted by Gasteiger charge is -2.07. The van der Waals surface area contributed by atoms with Crippen LogP contribution < -0.4 is 10.6 Å². The van der Waals surface area contributed by atoms with Crippen molar-refractivity contribution in [3.63, 3.8) is 0 Å². The van der Waals surface area contributed by atoms with Crippen molar-refractivity contribution in [2.24, 2.45) is 0 Å². The molecule has 0 aromatic carbocycles. The number of nitrogens with one attached hydrogen (secondary N) is 2. The maximum Gasteiger partial charge on any atom is 0.288 e. The maximum atomic E-state index is 11.8. The first kappa shape index (κ1) is 16.8. The SMILES string of the molecule is COCCNC(=O)CNC(=O)c1cc([N+](=O)[O-])cnc1Cl. The summed E-state index contributed by atoms with van der Waals surface area (Å²) in [6, 6.07) is 0.994. The first-order valence-electron chi connectivity index (χ1n) is 5.79. The van der Waals surface area contributed by atoms with E-state index < -0.39 is 16.7 Å². The van der Waals surface area contributed by atoms with Crippen molar-refractivity contribution in [3.05, 3.63) is 33.1 Å². The molecule has 10 heteroatoms. The molecule has 0 aliphatic rings. The molecule has 2 N–H and O–H groups in total. The van der Waals surface area contributed by atoms with Crippen LogP contribution in [0.5, 0.6) is 0 Å². The molecule has 21 heavy (non-hydrogen) atoms. The van der Waals surface area contributed by atoms with Crippen molar-refractivity contribution in [2.45, 2.75) is 0 Å². The average Bonchev–Trinajstić information content (AvgIpc) is 2.45. The zero-order valence-corrected chi connectivity index (χ0v) is 11.8. The van der Waals surface area contributed by atoms with Crippen LogP contribution in [0.15, 0.2) is 12.3 Å². The predicted octanol–water partition coefficient (Wildman–Crippen LogP) is 0.136. The van der Waals surface area contributed by atoms with Gasteiger partial charge in [0.25, 0.3) is 11.6 Å². The van der Waals surface area contributed by atoms with Crippen molar-refractivity contribution in [1.29, 1.82) is 0 Å². The first-order chi connectivity index (χ1) is 9.95. The molecule has 0 radical (unpaired) electrons. The summed E-state index contributed by atoms with van der Waals surface area (Å²) in [7, 11) is 1.49. The fraction of sp³-hybridized carbons (Fsp3) is 0.364. The number of carbonyl (C=O) groups is 2. The normalized spacial score (nSPS) is 10.0. The number of nitrogens with zero attached hydrogens (tertiary/aromatic N) is 2. The molecule has 0 aliphatic carbocycles. The standard InChI is InChI=1S/C11H13ClN4O5/c1-21-3-2-13-9(17)6-15-11(18)8-4-7(16(19)20)5-14-10(8)12/h4-5H,2-3,6H2,1H3,(H,13,17)(H,15,18). The third-order valence-electron chi connectivity index (χ3n) is 2.32. The van der Waals surface area contributed by atoms with Gasteiger partial charge in [0.05, 0.1) is 23.6 Å². The zero-order valence-electron chi connectivity index (χ0n) is 11.1. The molecule has 0 saturated heterocycles. The number of nitro groups is 1. The minimum absolute atomic E-state index is 0.171. The molecule has 0 atom stereocenters. The second-order valence-corrected chi connectivity index (χ2v) is 4.17. The number of halogens is 1. The summed E-state index contributed by atoms with van der Waals surface area (Å²) in [6.07, 6.45) is 0.941.